The van der Waals surface area contributed by atoms with Crippen molar-refractivity contribution in [3.63, 3.8) is 0 Å². The number of aliphatic hydroxyl groups excluding tert-OH is 1. The second kappa shape index (κ2) is 9.20. The molecule has 0 radical (unpaired) electrons. The Bertz CT molecular complexity index is 808. The maximum absolute atomic E-state index is 13.3. The molecule has 2 aromatic rings. The molecular formula is C20H21ClF2O4S. The first-order valence-corrected chi connectivity index (χ1v) is 10.3. The number of aliphatic hydroxyl groups is 1. The molecule has 0 spiro atoms. The number of carbonyl (C=O) groups is 1. The van der Waals surface area contributed by atoms with Gasteiger partial charge < -0.3 is 14.9 Å². The van der Waals surface area contributed by atoms with Gasteiger partial charge in [-0.3, -0.25) is 0 Å². The predicted octanol–water partition coefficient (Wildman–Crippen LogP) is 4.73. The van der Waals surface area contributed by atoms with Crippen LogP contribution < -0.4 is 4.74 Å². The number of halogens is 3. The lowest BCUT2D eigenvalue weighted by Crippen LogP contribution is -2.27. The molecule has 0 saturated heterocycles. The molecule has 1 aliphatic carbocycles. The zero-order chi connectivity index (χ0) is 20.3. The van der Waals surface area contributed by atoms with Crippen LogP contribution in [-0.2, 0) is 6.42 Å². The average Bonchev–Trinajstić information content (AvgIpc) is 3.18. The van der Waals surface area contributed by atoms with Gasteiger partial charge in [-0.05, 0) is 43.7 Å². The van der Waals surface area contributed by atoms with Crippen molar-refractivity contribution in [3.05, 3.63) is 51.7 Å². The van der Waals surface area contributed by atoms with Gasteiger partial charge in [-0.15, -0.1) is 22.9 Å². The van der Waals surface area contributed by atoms with Crippen LogP contribution in [0.1, 0.15) is 33.8 Å². The zero-order valence-electron chi connectivity index (χ0n) is 15.0. The van der Waals surface area contributed by atoms with Gasteiger partial charge in [0.2, 0.25) is 0 Å². The minimum absolute atomic E-state index is 0.00831. The molecule has 0 amide bonds. The number of carboxylic acid groups (broad SMARTS) is 1. The van der Waals surface area contributed by atoms with E-state index in [4.69, 9.17) is 21.4 Å². The van der Waals surface area contributed by atoms with Gasteiger partial charge in [0.05, 0.1) is 12.7 Å². The summed E-state index contributed by atoms with van der Waals surface area (Å²) >= 11 is 7.67. The maximum atomic E-state index is 13.3. The molecular weight excluding hydrogens is 410 g/mol. The summed E-state index contributed by atoms with van der Waals surface area (Å²) in [6.45, 7) is 0.125. The molecule has 0 bridgehead atoms. The lowest BCUT2D eigenvalue weighted by Gasteiger charge is -2.23. The van der Waals surface area contributed by atoms with Crippen molar-refractivity contribution in [1.82, 2.24) is 0 Å². The standard InChI is InChI=1S/C20H21ClF2O4S/c21-17-9-18(24)16(10-27-13-7-11(22)6-12(23)8-13)15(17)3-1-2-14-4-5-19(28-14)20(25)26/h4-8,15-18,24H,1-3,9-10H2,(H,25,26). The van der Waals surface area contributed by atoms with Gasteiger partial charge in [0.25, 0.3) is 0 Å². The van der Waals surface area contributed by atoms with Crippen LogP contribution in [0.25, 0.3) is 0 Å². The topological polar surface area (TPSA) is 66.8 Å². The van der Waals surface area contributed by atoms with Crippen LogP contribution in [0.2, 0.25) is 0 Å². The molecule has 152 valence electrons. The lowest BCUT2D eigenvalue weighted by atomic mass is 9.90. The van der Waals surface area contributed by atoms with Crippen molar-refractivity contribution >= 4 is 28.9 Å². The molecule has 1 aromatic carbocycles. The van der Waals surface area contributed by atoms with E-state index >= 15 is 0 Å². The van der Waals surface area contributed by atoms with E-state index in [0.29, 0.717) is 11.3 Å². The highest BCUT2D eigenvalue weighted by Gasteiger charge is 2.41. The van der Waals surface area contributed by atoms with Crippen molar-refractivity contribution < 1.29 is 28.5 Å². The molecule has 4 nitrogen and oxygen atoms in total. The van der Waals surface area contributed by atoms with Crippen LogP contribution in [0, 0.1) is 23.5 Å². The van der Waals surface area contributed by atoms with Crippen LogP contribution in [-0.4, -0.2) is 34.3 Å². The summed E-state index contributed by atoms with van der Waals surface area (Å²) in [4.78, 5) is 12.3. The number of hydrogen-bond donors (Lipinski definition) is 2. The third kappa shape index (κ3) is 5.21. The van der Waals surface area contributed by atoms with Gasteiger partial charge in [0.1, 0.15) is 22.3 Å². The molecule has 28 heavy (non-hydrogen) atoms. The van der Waals surface area contributed by atoms with Crippen molar-refractivity contribution in [2.75, 3.05) is 6.61 Å². The highest BCUT2D eigenvalue weighted by Crippen LogP contribution is 2.39. The van der Waals surface area contributed by atoms with E-state index in [0.717, 1.165) is 42.3 Å². The van der Waals surface area contributed by atoms with Gasteiger partial charge in [-0.2, -0.15) is 0 Å². The third-order valence-electron chi connectivity index (χ3n) is 5.09. The number of rotatable bonds is 8. The predicted molar refractivity (Wildman–Crippen MR) is 103 cm³/mol. The lowest BCUT2D eigenvalue weighted by molar-refractivity contribution is 0.0701. The SMILES string of the molecule is O=C(O)c1ccc(CCCC2C(Cl)CC(O)C2COc2cc(F)cc(F)c2)s1. The molecule has 4 unspecified atom stereocenters. The van der Waals surface area contributed by atoms with Crippen LogP contribution in [0.3, 0.4) is 0 Å². The van der Waals surface area contributed by atoms with Crippen molar-refractivity contribution in [1.29, 1.82) is 0 Å². The molecule has 1 aliphatic rings. The Morgan fingerprint density at radius 3 is 2.57 bits per heavy atom. The molecule has 4 atom stereocenters. The molecule has 1 saturated carbocycles. The summed E-state index contributed by atoms with van der Waals surface area (Å²) in [6, 6.07) is 6.40. The van der Waals surface area contributed by atoms with E-state index in [1.807, 2.05) is 6.07 Å². The van der Waals surface area contributed by atoms with Crippen LogP contribution in [0.15, 0.2) is 30.3 Å². The Morgan fingerprint density at radius 1 is 1.21 bits per heavy atom. The summed E-state index contributed by atoms with van der Waals surface area (Å²) in [7, 11) is 0. The second-order valence-corrected chi connectivity index (χ2v) is 8.76. The number of benzene rings is 1. The van der Waals surface area contributed by atoms with E-state index in [9.17, 15) is 18.7 Å². The Balaban J connectivity index is 1.56. The smallest absolute Gasteiger partial charge is 0.345 e. The van der Waals surface area contributed by atoms with Crippen LogP contribution >= 0.6 is 22.9 Å². The number of hydrogen-bond acceptors (Lipinski definition) is 4. The first-order valence-electron chi connectivity index (χ1n) is 9.06. The van der Waals surface area contributed by atoms with Gasteiger partial charge in [-0.1, -0.05) is 0 Å². The molecule has 1 heterocycles. The van der Waals surface area contributed by atoms with E-state index in [1.165, 1.54) is 11.3 Å². The number of aryl methyl sites for hydroxylation is 1. The minimum atomic E-state index is -0.929. The quantitative estimate of drug-likeness (QED) is 0.594. The summed E-state index contributed by atoms with van der Waals surface area (Å²) in [5, 5.41) is 19.1. The number of thiophene rings is 1. The third-order valence-corrected chi connectivity index (χ3v) is 6.72. The van der Waals surface area contributed by atoms with Gasteiger partial charge >= 0.3 is 5.97 Å². The van der Waals surface area contributed by atoms with Crippen LogP contribution in [0.5, 0.6) is 5.75 Å². The molecule has 1 fully saturated rings. The molecule has 0 aliphatic heterocycles. The van der Waals surface area contributed by atoms with E-state index in [-0.39, 0.29) is 29.6 Å². The Morgan fingerprint density at radius 2 is 1.93 bits per heavy atom. The van der Waals surface area contributed by atoms with Gasteiger partial charge in [-0.25, -0.2) is 13.6 Å². The fraction of sp³-hybridized carbons (Fsp3) is 0.450. The normalized spacial score (nSPS) is 24.4. The van der Waals surface area contributed by atoms with Gasteiger partial charge in [0.15, 0.2) is 0 Å². The number of carboxylic acids is 1. The minimum Gasteiger partial charge on any atom is -0.493 e. The molecule has 2 N–H and O–H groups in total. The van der Waals surface area contributed by atoms with Crippen molar-refractivity contribution in [2.24, 2.45) is 11.8 Å². The van der Waals surface area contributed by atoms with E-state index in [1.54, 1.807) is 6.07 Å². The van der Waals surface area contributed by atoms with E-state index in [2.05, 4.69) is 0 Å². The van der Waals surface area contributed by atoms with Crippen LogP contribution in [0.4, 0.5) is 8.78 Å². The monoisotopic (exact) mass is 430 g/mol. The Kier molecular flexibility index (Phi) is 6.91. The number of ether oxygens (including phenoxy) is 1. The van der Waals surface area contributed by atoms with Crippen molar-refractivity contribution in [2.45, 2.75) is 37.2 Å². The molecule has 1 aromatic heterocycles. The number of aromatic carboxylic acids is 1. The molecule has 8 heteroatoms. The Hall–Kier alpha value is -1.70. The largest absolute Gasteiger partial charge is 0.493 e. The summed E-state index contributed by atoms with van der Waals surface area (Å²) < 4.78 is 32.1. The highest BCUT2D eigenvalue weighted by molar-refractivity contribution is 7.13. The number of alkyl halides is 1. The maximum Gasteiger partial charge on any atom is 0.345 e. The first kappa shape index (κ1) is 21.0. The summed E-state index contributed by atoms with van der Waals surface area (Å²) in [6.07, 6.45) is 2.09. The molecule has 3 rings (SSSR count). The highest BCUT2D eigenvalue weighted by atomic mass is 35.5. The summed E-state index contributed by atoms with van der Waals surface area (Å²) in [5.41, 5.74) is 0. The Labute approximate surface area is 170 Å². The second-order valence-electron chi connectivity index (χ2n) is 7.03. The first-order chi connectivity index (χ1) is 13.3. The zero-order valence-corrected chi connectivity index (χ0v) is 16.6. The van der Waals surface area contributed by atoms with E-state index < -0.39 is 23.7 Å². The summed E-state index contributed by atoms with van der Waals surface area (Å²) in [5.74, 6) is -2.50. The van der Waals surface area contributed by atoms with Gasteiger partial charge in [0, 0.05) is 34.4 Å². The van der Waals surface area contributed by atoms with Crippen molar-refractivity contribution in [3.8, 4) is 5.75 Å². The average molecular weight is 431 g/mol. The fourth-order valence-electron chi connectivity index (χ4n) is 3.71. The fourth-order valence-corrected chi connectivity index (χ4v) is 5.09.